The van der Waals surface area contributed by atoms with E-state index in [9.17, 15) is 13.6 Å². The average Bonchev–Trinajstić information content (AvgIpc) is 2.60. The van der Waals surface area contributed by atoms with Crippen LogP contribution in [0, 0.1) is 11.6 Å². The van der Waals surface area contributed by atoms with E-state index in [2.05, 4.69) is 4.37 Å². The van der Waals surface area contributed by atoms with Crippen molar-refractivity contribution >= 4 is 23.1 Å². The Kier molecular flexibility index (Phi) is 2.76. The molecule has 4 nitrogen and oxygen atoms in total. The molecule has 0 atom stereocenters. The van der Waals surface area contributed by atoms with Crippen molar-refractivity contribution in [3.05, 3.63) is 34.7 Å². The quantitative estimate of drug-likeness (QED) is 0.857. The van der Waals surface area contributed by atoms with Gasteiger partial charge in [-0.25, -0.2) is 8.78 Å². The number of nitrogens with zero attached hydrogens (tertiary/aromatic N) is 1. The molecule has 0 unspecified atom stereocenters. The summed E-state index contributed by atoms with van der Waals surface area (Å²) in [6.45, 7) is 0. The fraction of sp³-hybridized carbons (Fsp3) is 0. The Morgan fingerprint density at radius 2 is 2.06 bits per heavy atom. The van der Waals surface area contributed by atoms with Crippen molar-refractivity contribution in [1.29, 1.82) is 0 Å². The fourth-order valence-electron chi connectivity index (χ4n) is 1.35. The smallest absolute Gasteiger partial charge is 0.262 e. The molecule has 0 aliphatic carbocycles. The van der Waals surface area contributed by atoms with E-state index in [-0.39, 0.29) is 21.8 Å². The number of amides is 1. The van der Waals surface area contributed by atoms with Crippen molar-refractivity contribution in [1.82, 2.24) is 4.37 Å². The maximum absolute atomic E-state index is 13.5. The van der Waals surface area contributed by atoms with Crippen molar-refractivity contribution in [3.63, 3.8) is 0 Å². The van der Waals surface area contributed by atoms with Crippen molar-refractivity contribution in [2.75, 3.05) is 5.73 Å². The van der Waals surface area contributed by atoms with Gasteiger partial charge in [0.05, 0.1) is 5.69 Å². The third-order valence-electron chi connectivity index (χ3n) is 2.14. The first-order valence-corrected chi connectivity index (χ1v) is 5.28. The van der Waals surface area contributed by atoms with Gasteiger partial charge in [0.15, 0.2) is 0 Å². The number of benzene rings is 1. The van der Waals surface area contributed by atoms with Gasteiger partial charge in [-0.1, -0.05) is 0 Å². The van der Waals surface area contributed by atoms with Crippen LogP contribution in [0.1, 0.15) is 9.67 Å². The molecule has 2 aromatic rings. The predicted molar refractivity (Wildman–Crippen MR) is 60.4 cm³/mol. The molecule has 0 spiro atoms. The summed E-state index contributed by atoms with van der Waals surface area (Å²) in [6, 6.07) is 3.01. The predicted octanol–water partition coefficient (Wildman–Crippen LogP) is 1.77. The Labute approximate surface area is 99.0 Å². The molecule has 2 rings (SSSR count). The van der Waals surface area contributed by atoms with E-state index in [1.807, 2.05) is 0 Å². The van der Waals surface area contributed by atoms with Crippen molar-refractivity contribution in [3.8, 4) is 11.3 Å². The first-order valence-electron chi connectivity index (χ1n) is 4.51. The highest BCUT2D eigenvalue weighted by Crippen LogP contribution is 2.32. The minimum Gasteiger partial charge on any atom is -0.396 e. The maximum Gasteiger partial charge on any atom is 0.262 e. The van der Waals surface area contributed by atoms with Gasteiger partial charge in [0.1, 0.15) is 22.2 Å². The van der Waals surface area contributed by atoms with E-state index in [1.165, 1.54) is 6.07 Å². The molecule has 1 heterocycles. The highest BCUT2D eigenvalue weighted by atomic mass is 32.1. The summed E-state index contributed by atoms with van der Waals surface area (Å²) in [5.41, 5.74) is 10.8. The number of hydrogen-bond donors (Lipinski definition) is 2. The van der Waals surface area contributed by atoms with Crippen LogP contribution in [0.15, 0.2) is 18.2 Å². The van der Waals surface area contributed by atoms with Crippen LogP contribution in [-0.2, 0) is 0 Å². The lowest BCUT2D eigenvalue weighted by Crippen LogP contribution is -2.11. The van der Waals surface area contributed by atoms with Gasteiger partial charge in [0.25, 0.3) is 5.91 Å². The normalized spacial score (nSPS) is 10.5. The van der Waals surface area contributed by atoms with Gasteiger partial charge in [0, 0.05) is 11.6 Å². The van der Waals surface area contributed by atoms with Crippen LogP contribution >= 0.6 is 11.5 Å². The molecular weight excluding hydrogens is 248 g/mol. The molecular formula is C10H7F2N3OS. The molecule has 7 heteroatoms. The zero-order valence-corrected chi connectivity index (χ0v) is 9.22. The molecule has 17 heavy (non-hydrogen) atoms. The van der Waals surface area contributed by atoms with Crippen LogP contribution in [0.25, 0.3) is 11.3 Å². The Hall–Kier alpha value is -2.02. The molecule has 0 saturated heterocycles. The van der Waals surface area contributed by atoms with E-state index in [1.54, 1.807) is 0 Å². The number of carbonyl (C=O) groups excluding carboxylic acids is 1. The van der Waals surface area contributed by atoms with Crippen LogP contribution in [-0.4, -0.2) is 10.3 Å². The van der Waals surface area contributed by atoms with Crippen LogP contribution in [0.2, 0.25) is 0 Å². The molecule has 4 N–H and O–H groups in total. The first kappa shape index (κ1) is 11.5. The molecule has 1 amide bonds. The summed E-state index contributed by atoms with van der Waals surface area (Å²) in [6.07, 6.45) is 0. The van der Waals surface area contributed by atoms with Crippen LogP contribution in [0.3, 0.4) is 0 Å². The SMILES string of the molecule is NC(=O)c1snc(-c2ccc(F)cc2F)c1N. The Morgan fingerprint density at radius 1 is 1.35 bits per heavy atom. The van der Waals surface area contributed by atoms with Gasteiger partial charge in [-0.15, -0.1) is 0 Å². The Morgan fingerprint density at radius 3 is 2.59 bits per heavy atom. The van der Waals surface area contributed by atoms with Crippen LogP contribution in [0.5, 0.6) is 0 Å². The van der Waals surface area contributed by atoms with E-state index < -0.39 is 17.5 Å². The summed E-state index contributed by atoms with van der Waals surface area (Å²) in [4.78, 5) is 11.0. The lowest BCUT2D eigenvalue weighted by molar-refractivity contribution is 0.100. The summed E-state index contributed by atoms with van der Waals surface area (Å²) in [5, 5.41) is 0. The summed E-state index contributed by atoms with van der Waals surface area (Å²) < 4.78 is 30.1. The fourth-order valence-corrected chi connectivity index (χ4v) is 2.01. The average molecular weight is 255 g/mol. The van der Waals surface area contributed by atoms with Gasteiger partial charge >= 0.3 is 0 Å². The number of nitrogens with two attached hydrogens (primary N) is 2. The highest BCUT2D eigenvalue weighted by Gasteiger charge is 2.18. The summed E-state index contributed by atoms with van der Waals surface area (Å²) in [5.74, 6) is -2.22. The molecule has 1 aromatic heterocycles. The second kappa shape index (κ2) is 4.10. The molecule has 0 saturated carbocycles. The van der Waals surface area contributed by atoms with E-state index in [4.69, 9.17) is 11.5 Å². The van der Waals surface area contributed by atoms with E-state index >= 15 is 0 Å². The number of nitrogen functional groups attached to an aromatic ring is 1. The number of anilines is 1. The van der Waals surface area contributed by atoms with E-state index in [0.29, 0.717) is 0 Å². The highest BCUT2D eigenvalue weighted by molar-refractivity contribution is 7.09. The van der Waals surface area contributed by atoms with Crippen LogP contribution in [0.4, 0.5) is 14.5 Å². The van der Waals surface area contributed by atoms with E-state index in [0.717, 1.165) is 23.7 Å². The van der Waals surface area contributed by atoms with Gasteiger partial charge in [0.2, 0.25) is 0 Å². The minimum absolute atomic E-state index is 0.00741. The first-order chi connectivity index (χ1) is 8.00. The number of hydrogen-bond acceptors (Lipinski definition) is 4. The second-order valence-corrected chi connectivity index (χ2v) is 4.04. The zero-order chi connectivity index (χ0) is 12.6. The number of rotatable bonds is 2. The molecule has 0 bridgehead atoms. The number of carbonyl (C=O) groups is 1. The van der Waals surface area contributed by atoms with Gasteiger partial charge in [-0.05, 0) is 23.7 Å². The molecule has 0 fully saturated rings. The zero-order valence-electron chi connectivity index (χ0n) is 8.41. The monoisotopic (exact) mass is 255 g/mol. The topological polar surface area (TPSA) is 82.0 Å². The lowest BCUT2D eigenvalue weighted by Gasteiger charge is -2.01. The van der Waals surface area contributed by atoms with Crippen molar-refractivity contribution in [2.24, 2.45) is 5.73 Å². The van der Waals surface area contributed by atoms with Crippen molar-refractivity contribution < 1.29 is 13.6 Å². The third-order valence-corrected chi connectivity index (χ3v) is 3.02. The largest absolute Gasteiger partial charge is 0.396 e. The number of aromatic nitrogens is 1. The van der Waals surface area contributed by atoms with Gasteiger partial charge in [-0.2, -0.15) is 4.37 Å². The number of primary amides is 1. The maximum atomic E-state index is 13.5. The third kappa shape index (κ3) is 1.96. The number of halogens is 2. The molecule has 1 aromatic carbocycles. The molecule has 0 aliphatic rings. The van der Waals surface area contributed by atoms with Crippen molar-refractivity contribution in [2.45, 2.75) is 0 Å². The Bertz CT molecular complexity index is 597. The summed E-state index contributed by atoms with van der Waals surface area (Å²) in [7, 11) is 0. The Balaban J connectivity index is 2.57. The van der Waals surface area contributed by atoms with Crippen LogP contribution < -0.4 is 11.5 Å². The summed E-state index contributed by atoms with van der Waals surface area (Å²) >= 11 is 0.782. The van der Waals surface area contributed by atoms with Gasteiger partial charge in [-0.3, -0.25) is 4.79 Å². The molecule has 88 valence electrons. The van der Waals surface area contributed by atoms with Gasteiger partial charge < -0.3 is 11.5 Å². The lowest BCUT2D eigenvalue weighted by atomic mass is 10.1. The minimum atomic E-state index is -0.793. The second-order valence-electron chi connectivity index (χ2n) is 3.26. The molecule has 0 aliphatic heterocycles. The standard InChI is InChI=1S/C10H7F2N3OS/c11-4-1-2-5(6(12)3-4)8-7(13)9(10(14)16)17-15-8/h1-3H,13H2,(H2,14,16). The molecule has 0 radical (unpaired) electrons.